The van der Waals surface area contributed by atoms with Crippen LogP contribution < -0.4 is 5.90 Å². The van der Waals surface area contributed by atoms with Gasteiger partial charge in [-0.2, -0.15) is 0 Å². The highest BCUT2D eigenvalue weighted by Crippen LogP contribution is 2.48. The van der Waals surface area contributed by atoms with E-state index in [4.69, 9.17) is 5.90 Å². The van der Waals surface area contributed by atoms with E-state index in [2.05, 4.69) is 4.84 Å². The lowest BCUT2D eigenvalue weighted by molar-refractivity contribution is 0.116. The molecule has 0 radical (unpaired) electrons. The van der Waals surface area contributed by atoms with Crippen LogP contribution in [-0.2, 0) is 10.3 Å². The molecule has 1 aliphatic carbocycles. The first kappa shape index (κ1) is 9.62. The summed E-state index contributed by atoms with van der Waals surface area (Å²) in [6.45, 7) is 2.24. The first-order valence-corrected chi connectivity index (χ1v) is 4.76. The van der Waals surface area contributed by atoms with Gasteiger partial charge in [0, 0.05) is 5.41 Å². The molecule has 2 rings (SSSR count). The van der Waals surface area contributed by atoms with Gasteiger partial charge >= 0.3 is 0 Å². The Kier molecular flexibility index (Phi) is 2.29. The van der Waals surface area contributed by atoms with Gasteiger partial charge in [0.2, 0.25) is 0 Å². The largest absolute Gasteiger partial charge is 0.304 e. The summed E-state index contributed by atoms with van der Waals surface area (Å²) in [5, 5.41) is 0. The third-order valence-corrected chi connectivity index (χ3v) is 3.00. The van der Waals surface area contributed by atoms with Crippen molar-refractivity contribution in [2.45, 2.75) is 25.2 Å². The molecular formula is C11H14FNO. The highest BCUT2D eigenvalue weighted by Gasteiger charge is 2.44. The summed E-state index contributed by atoms with van der Waals surface area (Å²) < 4.78 is 13.3. The van der Waals surface area contributed by atoms with Crippen molar-refractivity contribution in [3.05, 3.63) is 35.1 Å². The molecule has 0 saturated heterocycles. The van der Waals surface area contributed by atoms with E-state index in [1.165, 1.54) is 0 Å². The number of hydrogen-bond donors (Lipinski definition) is 1. The van der Waals surface area contributed by atoms with Gasteiger partial charge in [-0.25, -0.2) is 10.3 Å². The summed E-state index contributed by atoms with van der Waals surface area (Å²) in [5.74, 6) is 4.92. The maximum absolute atomic E-state index is 13.3. The summed E-state index contributed by atoms with van der Waals surface area (Å²) in [6, 6.07) is 5.37. The lowest BCUT2D eigenvalue weighted by Crippen LogP contribution is -2.18. The van der Waals surface area contributed by atoms with Gasteiger partial charge in [0.05, 0.1) is 6.61 Å². The van der Waals surface area contributed by atoms with Crippen LogP contribution in [0.2, 0.25) is 0 Å². The summed E-state index contributed by atoms with van der Waals surface area (Å²) in [4.78, 5) is 4.67. The summed E-state index contributed by atoms with van der Waals surface area (Å²) in [7, 11) is 0. The molecule has 0 atom stereocenters. The van der Waals surface area contributed by atoms with Crippen LogP contribution in [0.1, 0.15) is 24.0 Å². The fourth-order valence-electron chi connectivity index (χ4n) is 1.75. The predicted molar refractivity (Wildman–Crippen MR) is 52.2 cm³/mol. The van der Waals surface area contributed by atoms with Gasteiger partial charge in [-0.3, -0.25) is 0 Å². The predicted octanol–water partition coefficient (Wildman–Crippen LogP) is 2.06. The molecule has 14 heavy (non-hydrogen) atoms. The fraction of sp³-hybridized carbons (Fsp3) is 0.455. The second kappa shape index (κ2) is 3.33. The molecule has 2 N–H and O–H groups in total. The van der Waals surface area contributed by atoms with Gasteiger partial charge in [0.25, 0.3) is 0 Å². The van der Waals surface area contributed by atoms with Gasteiger partial charge in [-0.15, -0.1) is 0 Å². The minimum atomic E-state index is -0.147. The molecule has 0 aromatic heterocycles. The monoisotopic (exact) mass is 195 g/mol. The minimum Gasteiger partial charge on any atom is -0.304 e. The highest BCUT2D eigenvalue weighted by molar-refractivity contribution is 5.34. The lowest BCUT2D eigenvalue weighted by Gasteiger charge is -2.14. The van der Waals surface area contributed by atoms with E-state index in [9.17, 15) is 4.39 Å². The van der Waals surface area contributed by atoms with Crippen LogP contribution in [0.4, 0.5) is 4.39 Å². The van der Waals surface area contributed by atoms with Crippen LogP contribution in [0.25, 0.3) is 0 Å². The third-order valence-electron chi connectivity index (χ3n) is 3.00. The van der Waals surface area contributed by atoms with Gasteiger partial charge in [0.15, 0.2) is 0 Å². The number of nitrogens with two attached hydrogens (primary N) is 1. The number of benzene rings is 1. The summed E-state index contributed by atoms with van der Waals surface area (Å²) in [5.41, 5.74) is 1.67. The van der Waals surface area contributed by atoms with Crippen LogP contribution in [0.5, 0.6) is 0 Å². The van der Waals surface area contributed by atoms with Gasteiger partial charge in [-0.05, 0) is 37.0 Å². The van der Waals surface area contributed by atoms with E-state index in [1.807, 2.05) is 6.07 Å². The normalized spacial score (nSPS) is 18.2. The van der Waals surface area contributed by atoms with E-state index in [0.717, 1.165) is 18.4 Å². The van der Waals surface area contributed by atoms with Crippen molar-refractivity contribution in [3.63, 3.8) is 0 Å². The van der Waals surface area contributed by atoms with Crippen molar-refractivity contribution in [1.82, 2.24) is 0 Å². The Hall–Kier alpha value is -0.930. The molecule has 0 spiro atoms. The molecule has 3 heteroatoms. The Balaban J connectivity index is 2.28. The topological polar surface area (TPSA) is 35.2 Å². The quantitative estimate of drug-likeness (QED) is 0.749. The highest BCUT2D eigenvalue weighted by atomic mass is 19.1. The zero-order chi connectivity index (χ0) is 10.2. The molecule has 1 aromatic carbocycles. The van der Waals surface area contributed by atoms with Gasteiger partial charge in [0.1, 0.15) is 5.82 Å². The van der Waals surface area contributed by atoms with E-state index in [0.29, 0.717) is 12.2 Å². The Labute approximate surface area is 82.8 Å². The number of halogens is 1. The Morgan fingerprint density at radius 3 is 2.71 bits per heavy atom. The van der Waals surface area contributed by atoms with Crippen LogP contribution in [0.15, 0.2) is 18.2 Å². The molecule has 0 heterocycles. The van der Waals surface area contributed by atoms with Crippen molar-refractivity contribution < 1.29 is 9.23 Å². The van der Waals surface area contributed by atoms with Crippen molar-refractivity contribution in [2.75, 3.05) is 6.61 Å². The van der Waals surface area contributed by atoms with E-state index in [1.54, 1.807) is 19.1 Å². The maximum Gasteiger partial charge on any atom is 0.126 e. The number of hydrogen-bond acceptors (Lipinski definition) is 2. The average molecular weight is 195 g/mol. The lowest BCUT2D eigenvalue weighted by atomic mass is 9.96. The second-order valence-corrected chi connectivity index (χ2v) is 4.06. The van der Waals surface area contributed by atoms with Crippen molar-refractivity contribution in [1.29, 1.82) is 0 Å². The molecule has 1 fully saturated rings. The fourth-order valence-corrected chi connectivity index (χ4v) is 1.75. The van der Waals surface area contributed by atoms with Gasteiger partial charge in [-0.1, -0.05) is 12.1 Å². The van der Waals surface area contributed by atoms with Crippen LogP contribution >= 0.6 is 0 Å². The molecular weight excluding hydrogens is 181 g/mol. The molecule has 1 aromatic rings. The smallest absolute Gasteiger partial charge is 0.126 e. The first-order valence-electron chi connectivity index (χ1n) is 4.76. The Morgan fingerprint density at radius 2 is 2.21 bits per heavy atom. The Morgan fingerprint density at radius 1 is 1.50 bits per heavy atom. The molecule has 0 unspecified atom stereocenters. The molecule has 0 amide bonds. The zero-order valence-electron chi connectivity index (χ0n) is 8.22. The molecule has 0 aliphatic heterocycles. The van der Waals surface area contributed by atoms with Crippen molar-refractivity contribution >= 4 is 0 Å². The van der Waals surface area contributed by atoms with Crippen LogP contribution in [0.3, 0.4) is 0 Å². The molecule has 76 valence electrons. The first-order chi connectivity index (χ1) is 6.68. The van der Waals surface area contributed by atoms with Gasteiger partial charge < -0.3 is 4.84 Å². The van der Waals surface area contributed by atoms with Crippen molar-refractivity contribution in [3.8, 4) is 0 Å². The molecule has 1 saturated carbocycles. The maximum atomic E-state index is 13.3. The van der Waals surface area contributed by atoms with E-state index < -0.39 is 0 Å². The molecule has 2 nitrogen and oxygen atoms in total. The minimum absolute atomic E-state index is 0.0106. The SMILES string of the molecule is Cc1ccc(C2(CON)CC2)cc1F. The van der Waals surface area contributed by atoms with Crippen LogP contribution in [-0.4, -0.2) is 6.61 Å². The Bertz CT molecular complexity index is 347. The van der Waals surface area contributed by atoms with E-state index >= 15 is 0 Å². The molecule has 1 aliphatic rings. The standard InChI is InChI=1S/C11H14FNO/c1-8-2-3-9(6-10(8)12)11(4-5-11)7-14-13/h2-3,6H,4-5,7,13H2,1H3. The second-order valence-electron chi connectivity index (χ2n) is 4.06. The molecule has 0 bridgehead atoms. The number of aryl methyl sites for hydroxylation is 1. The average Bonchev–Trinajstić information content (AvgIpc) is 2.91. The van der Waals surface area contributed by atoms with E-state index in [-0.39, 0.29) is 11.2 Å². The van der Waals surface area contributed by atoms with Crippen molar-refractivity contribution in [2.24, 2.45) is 5.90 Å². The summed E-state index contributed by atoms with van der Waals surface area (Å²) in [6.07, 6.45) is 2.07. The third kappa shape index (κ3) is 1.53. The van der Waals surface area contributed by atoms with Crippen LogP contribution in [0, 0.1) is 12.7 Å². The number of rotatable bonds is 3. The zero-order valence-corrected chi connectivity index (χ0v) is 8.22. The summed E-state index contributed by atoms with van der Waals surface area (Å²) >= 11 is 0.